The van der Waals surface area contributed by atoms with E-state index < -0.39 is 13.3 Å². The highest BCUT2D eigenvalue weighted by Gasteiger charge is 2.22. The maximum absolute atomic E-state index is 12.1. The van der Waals surface area contributed by atoms with Crippen molar-refractivity contribution in [2.45, 2.75) is 12.7 Å². The maximum Gasteiger partial charge on any atom is 0.482 e. The van der Waals surface area contributed by atoms with Crippen LogP contribution in [0, 0.1) is 12.3 Å². The minimum absolute atomic E-state index is 0.283. The zero-order chi connectivity index (χ0) is 10.6. The number of rotatable bonds is 3. The average Bonchev–Trinajstić information content (AvgIpc) is 2.02. The van der Waals surface area contributed by atoms with E-state index in [2.05, 4.69) is 5.92 Å². The Balaban J connectivity index is 2.79. The summed E-state index contributed by atoms with van der Waals surface area (Å²) in [4.78, 5) is 0. The van der Waals surface area contributed by atoms with Crippen LogP contribution in [0.15, 0.2) is 24.3 Å². The molecule has 0 spiro atoms. The predicted octanol–water partition coefficient (Wildman–Crippen LogP) is 2.79. The van der Waals surface area contributed by atoms with E-state index in [0.29, 0.717) is 6.42 Å². The Bertz CT molecular complexity index is 349. The van der Waals surface area contributed by atoms with Gasteiger partial charge in [-0.15, -0.1) is 12.3 Å². The lowest BCUT2D eigenvalue weighted by molar-refractivity contribution is 0.468. The summed E-state index contributed by atoms with van der Waals surface area (Å²) in [7, 11) is 0. The van der Waals surface area contributed by atoms with Gasteiger partial charge in [0.2, 0.25) is 0 Å². The molecule has 0 heterocycles. The van der Waals surface area contributed by atoms with E-state index in [9.17, 15) is 12.9 Å². The van der Waals surface area contributed by atoms with Gasteiger partial charge in [0.05, 0.1) is 0 Å². The normalized spacial score (nSPS) is 11.0. The SMILES string of the molecule is C#CCc1cccc(C[B-](F)(F)F)c1. The summed E-state index contributed by atoms with van der Waals surface area (Å²) in [6, 6.07) is 6.31. The second kappa shape index (κ2) is 4.23. The highest BCUT2D eigenvalue weighted by molar-refractivity contribution is 6.57. The van der Waals surface area contributed by atoms with Gasteiger partial charge in [-0.3, -0.25) is 0 Å². The first kappa shape index (κ1) is 10.7. The van der Waals surface area contributed by atoms with Gasteiger partial charge in [-0.05, 0) is 5.56 Å². The van der Waals surface area contributed by atoms with Gasteiger partial charge < -0.3 is 12.9 Å². The van der Waals surface area contributed by atoms with Crippen LogP contribution in [0.25, 0.3) is 0 Å². The number of halogens is 3. The van der Waals surface area contributed by atoms with Crippen LogP contribution in [0.5, 0.6) is 0 Å². The molecule has 0 aliphatic rings. The minimum atomic E-state index is -4.76. The molecule has 0 saturated heterocycles. The predicted molar refractivity (Wildman–Crippen MR) is 51.8 cm³/mol. The van der Waals surface area contributed by atoms with Crippen LogP contribution >= 0.6 is 0 Å². The van der Waals surface area contributed by atoms with Crippen molar-refractivity contribution in [3.05, 3.63) is 35.4 Å². The summed E-state index contributed by atoms with van der Waals surface area (Å²) in [5, 5.41) is 0. The Morgan fingerprint density at radius 1 is 1.21 bits per heavy atom. The molecule has 74 valence electrons. The summed E-state index contributed by atoms with van der Waals surface area (Å²) >= 11 is 0. The molecular weight excluding hydrogens is 188 g/mol. The summed E-state index contributed by atoms with van der Waals surface area (Å²) in [6.07, 6.45) is 4.61. The molecule has 1 aromatic rings. The van der Waals surface area contributed by atoms with Crippen molar-refractivity contribution in [2.75, 3.05) is 0 Å². The van der Waals surface area contributed by atoms with E-state index in [1.54, 1.807) is 12.1 Å². The molecule has 0 saturated carbocycles. The van der Waals surface area contributed by atoms with Crippen molar-refractivity contribution in [3.63, 3.8) is 0 Å². The van der Waals surface area contributed by atoms with Gasteiger partial charge in [-0.2, -0.15) is 0 Å². The van der Waals surface area contributed by atoms with Crippen LogP contribution in [0.3, 0.4) is 0 Å². The fourth-order valence-electron chi connectivity index (χ4n) is 1.25. The first-order valence-corrected chi connectivity index (χ1v) is 4.23. The molecule has 0 aliphatic carbocycles. The van der Waals surface area contributed by atoms with E-state index in [1.807, 2.05) is 0 Å². The summed E-state index contributed by atoms with van der Waals surface area (Å²) in [6.45, 7) is -4.76. The van der Waals surface area contributed by atoms with Gasteiger partial charge in [-0.25, -0.2) is 0 Å². The third kappa shape index (κ3) is 3.57. The van der Waals surface area contributed by atoms with E-state index in [4.69, 9.17) is 6.42 Å². The third-order valence-electron chi connectivity index (χ3n) is 1.76. The first-order chi connectivity index (χ1) is 6.51. The van der Waals surface area contributed by atoms with Crippen molar-refractivity contribution in [1.82, 2.24) is 0 Å². The zero-order valence-electron chi connectivity index (χ0n) is 7.51. The molecule has 4 heteroatoms. The van der Waals surface area contributed by atoms with Crippen LogP contribution < -0.4 is 0 Å². The number of benzene rings is 1. The Morgan fingerprint density at radius 2 is 1.86 bits per heavy atom. The standard InChI is InChI=1S/C10H9BF3/c1-2-4-9-5-3-6-10(7-9)8-11(12,13)14/h1,3,5-7H,4,8H2/q-1. The molecular formula is C10H9BF3-. The van der Waals surface area contributed by atoms with Gasteiger partial charge in [0.1, 0.15) is 0 Å². The lowest BCUT2D eigenvalue weighted by Crippen LogP contribution is -2.19. The smallest absolute Gasteiger partial charge is 0.449 e. The molecule has 0 nitrogen and oxygen atoms in total. The molecule has 0 fully saturated rings. The van der Waals surface area contributed by atoms with Crippen molar-refractivity contribution in [1.29, 1.82) is 0 Å². The Morgan fingerprint density at radius 3 is 2.43 bits per heavy atom. The maximum atomic E-state index is 12.1. The minimum Gasteiger partial charge on any atom is -0.449 e. The number of hydrogen-bond donors (Lipinski definition) is 0. The Kier molecular flexibility index (Phi) is 3.24. The van der Waals surface area contributed by atoms with Crippen LogP contribution in [0.1, 0.15) is 11.1 Å². The van der Waals surface area contributed by atoms with Gasteiger partial charge >= 0.3 is 6.98 Å². The third-order valence-corrected chi connectivity index (χ3v) is 1.76. The highest BCUT2D eigenvalue weighted by Crippen LogP contribution is 2.17. The van der Waals surface area contributed by atoms with Crippen LogP contribution in [0.2, 0.25) is 0 Å². The van der Waals surface area contributed by atoms with E-state index in [1.165, 1.54) is 12.1 Å². The van der Waals surface area contributed by atoms with Crippen LogP contribution in [0.4, 0.5) is 12.9 Å². The summed E-state index contributed by atoms with van der Waals surface area (Å²) < 4.78 is 36.2. The van der Waals surface area contributed by atoms with Crippen molar-refractivity contribution < 1.29 is 12.9 Å². The lowest BCUT2D eigenvalue weighted by atomic mass is 9.81. The average molecular weight is 197 g/mol. The summed E-state index contributed by atoms with van der Waals surface area (Å²) in [5.41, 5.74) is 1.04. The van der Waals surface area contributed by atoms with Gasteiger partial charge in [0, 0.05) is 6.42 Å². The van der Waals surface area contributed by atoms with E-state index >= 15 is 0 Å². The fraction of sp³-hybridized carbons (Fsp3) is 0.200. The van der Waals surface area contributed by atoms with Crippen LogP contribution in [-0.2, 0) is 12.7 Å². The Labute approximate surface area is 81.2 Å². The van der Waals surface area contributed by atoms with E-state index in [-0.39, 0.29) is 5.56 Å². The molecule has 1 aromatic carbocycles. The molecule has 0 amide bonds. The second-order valence-corrected chi connectivity index (χ2v) is 3.12. The largest absolute Gasteiger partial charge is 0.482 e. The zero-order valence-corrected chi connectivity index (χ0v) is 7.51. The lowest BCUT2D eigenvalue weighted by Gasteiger charge is -2.13. The molecule has 1 rings (SSSR count). The second-order valence-electron chi connectivity index (χ2n) is 3.12. The van der Waals surface area contributed by atoms with Crippen molar-refractivity contribution >= 4 is 6.98 Å². The molecule has 0 atom stereocenters. The molecule has 0 unspecified atom stereocenters. The van der Waals surface area contributed by atoms with Gasteiger partial charge in [0.15, 0.2) is 0 Å². The van der Waals surface area contributed by atoms with E-state index in [0.717, 1.165) is 5.56 Å². The van der Waals surface area contributed by atoms with Gasteiger partial charge in [0.25, 0.3) is 0 Å². The monoisotopic (exact) mass is 197 g/mol. The van der Waals surface area contributed by atoms with Crippen LogP contribution in [-0.4, -0.2) is 6.98 Å². The topological polar surface area (TPSA) is 0 Å². The quantitative estimate of drug-likeness (QED) is 0.516. The first-order valence-electron chi connectivity index (χ1n) is 4.23. The van der Waals surface area contributed by atoms with Crippen molar-refractivity contribution in [3.8, 4) is 12.3 Å². The van der Waals surface area contributed by atoms with Gasteiger partial charge in [-0.1, -0.05) is 36.1 Å². The fourth-order valence-corrected chi connectivity index (χ4v) is 1.25. The molecule has 0 radical (unpaired) electrons. The number of terminal acetylenes is 1. The number of hydrogen-bond acceptors (Lipinski definition) is 0. The van der Waals surface area contributed by atoms with Crippen molar-refractivity contribution in [2.24, 2.45) is 0 Å². The highest BCUT2D eigenvalue weighted by atomic mass is 19.4. The molecule has 14 heavy (non-hydrogen) atoms. The molecule has 0 aromatic heterocycles. The Hall–Kier alpha value is -1.37. The summed E-state index contributed by atoms with van der Waals surface area (Å²) in [5.74, 6) is 2.40. The molecule has 0 bridgehead atoms. The molecule has 0 aliphatic heterocycles. The molecule has 0 N–H and O–H groups in total.